The van der Waals surface area contributed by atoms with Gasteiger partial charge in [-0.1, -0.05) is 49.9 Å². The summed E-state index contributed by atoms with van der Waals surface area (Å²) in [7, 11) is 0. The fourth-order valence-corrected chi connectivity index (χ4v) is 3.24. The number of hydrogen-bond acceptors (Lipinski definition) is 3. The van der Waals surface area contributed by atoms with E-state index >= 15 is 0 Å². The Kier molecular flexibility index (Phi) is 6.45. The number of carbonyl (C=O) groups excluding carboxylic acids is 1. The van der Waals surface area contributed by atoms with Crippen LogP contribution in [-0.4, -0.2) is 12.6 Å². The Hall–Kier alpha value is -1.82. The fraction of sp³-hybridized carbons (Fsp3) is 0.579. The Bertz CT molecular complexity index is 507. The van der Waals surface area contributed by atoms with Crippen LogP contribution >= 0.6 is 0 Å². The van der Waals surface area contributed by atoms with Crippen LogP contribution in [0.2, 0.25) is 0 Å². The molecule has 1 saturated carbocycles. The fourth-order valence-electron chi connectivity index (χ4n) is 3.24. The van der Waals surface area contributed by atoms with Crippen LogP contribution in [0.25, 0.3) is 0 Å². The summed E-state index contributed by atoms with van der Waals surface area (Å²) in [5.41, 5.74) is 2.28. The Morgan fingerprint density at radius 3 is 2.41 bits per heavy atom. The highest BCUT2D eigenvalue weighted by atomic mass is 16.5. The van der Waals surface area contributed by atoms with Gasteiger partial charge in [0.05, 0.1) is 25.0 Å². The van der Waals surface area contributed by atoms with Gasteiger partial charge in [0.2, 0.25) is 0 Å². The molecular weight excluding hydrogens is 274 g/mol. The van der Waals surface area contributed by atoms with Crippen molar-refractivity contribution in [3.63, 3.8) is 0 Å². The number of hydrogen-bond donors (Lipinski definition) is 0. The van der Waals surface area contributed by atoms with Crippen LogP contribution in [0, 0.1) is 11.3 Å². The van der Waals surface area contributed by atoms with E-state index < -0.39 is 5.92 Å². The molecule has 0 heterocycles. The minimum atomic E-state index is -0.415. The zero-order chi connectivity index (χ0) is 15.8. The molecule has 22 heavy (non-hydrogen) atoms. The molecule has 3 heteroatoms. The lowest BCUT2D eigenvalue weighted by Crippen LogP contribution is -2.09. The Labute approximate surface area is 133 Å². The average Bonchev–Trinajstić information content (AvgIpc) is 2.82. The number of benzene rings is 1. The minimum Gasteiger partial charge on any atom is -0.466 e. The van der Waals surface area contributed by atoms with Gasteiger partial charge in [0, 0.05) is 0 Å². The molecule has 1 unspecified atom stereocenters. The summed E-state index contributed by atoms with van der Waals surface area (Å²) >= 11 is 0. The highest BCUT2D eigenvalue weighted by molar-refractivity contribution is 5.71. The summed E-state index contributed by atoms with van der Waals surface area (Å²) in [6.07, 6.45) is 8.00. The van der Waals surface area contributed by atoms with Crippen molar-refractivity contribution in [1.29, 1.82) is 5.26 Å². The highest BCUT2D eigenvalue weighted by Gasteiger charge is 2.18. The Balaban J connectivity index is 2.03. The highest BCUT2D eigenvalue weighted by Crippen LogP contribution is 2.32. The molecule has 0 saturated heterocycles. The van der Waals surface area contributed by atoms with Crippen molar-refractivity contribution < 1.29 is 9.53 Å². The molecule has 0 N–H and O–H groups in total. The van der Waals surface area contributed by atoms with Gasteiger partial charge in [0.1, 0.15) is 0 Å². The van der Waals surface area contributed by atoms with Crippen molar-refractivity contribution in [3.05, 3.63) is 35.4 Å². The minimum absolute atomic E-state index is 0.132. The van der Waals surface area contributed by atoms with Gasteiger partial charge in [-0.15, -0.1) is 0 Å². The summed E-state index contributed by atoms with van der Waals surface area (Å²) in [5, 5.41) is 9.29. The van der Waals surface area contributed by atoms with Gasteiger partial charge in [0.15, 0.2) is 0 Å². The first-order valence-corrected chi connectivity index (χ1v) is 8.39. The number of nitrogens with zero attached hydrogens (tertiary/aromatic N) is 1. The molecule has 0 aromatic heterocycles. The van der Waals surface area contributed by atoms with Gasteiger partial charge in [0.25, 0.3) is 0 Å². The molecule has 0 aliphatic heterocycles. The number of esters is 1. The molecule has 1 aliphatic rings. The standard InChI is InChI=1S/C19H25NO2/c1-2-22-19(21)13-18(14-20)17-11-9-16(10-12-17)15-7-5-3-4-6-8-15/h9-12,15,18H,2-8,13H2,1H3. The second-order valence-corrected chi connectivity index (χ2v) is 6.05. The largest absolute Gasteiger partial charge is 0.466 e. The normalized spacial score (nSPS) is 17.3. The van der Waals surface area contributed by atoms with Crippen molar-refractivity contribution in [2.45, 2.75) is 63.7 Å². The lowest BCUT2D eigenvalue weighted by Gasteiger charge is -2.16. The van der Waals surface area contributed by atoms with Gasteiger partial charge in [-0.3, -0.25) is 4.79 Å². The average molecular weight is 299 g/mol. The second-order valence-electron chi connectivity index (χ2n) is 6.05. The maximum absolute atomic E-state index is 11.6. The molecule has 0 bridgehead atoms. The summed E-state index contributed by atoms with van der Waals surface area (Å²) in [4.78, 5) is 11.6. The number of rotatable bonds is 5. The predicted octanol–water partition coefficient (Wildman–Crippen LogP) is 4.68. The molecule has 1 aromatic carbocycles. The van der Waals surface area contributed by atoms with Gasteiger partial charge in [-0.25, -0.2) is 0 Å². The number of nitriles is 1. The number of carbonyl (C=O) groups is 1. The molecular formula is C19H25NO2. The third-order valence-corrected chi connectivity index (χ3v) is 4.50. The summed E-state index contributed by atoms with van der Waals surface area (Å²) in [6.45, 7) is 2.14. The van der Waals surface area contributed by atoms with E-state index in [9.17, 15) is 10.1 Å². The van der Waals surface area contributed by atoms with Crippen LogP contribution in [0.4, 0.5) is 0 Å². The van der Waals surface area contributed by atoms with Crippen molar-refractivity contribution in [2.24, 2.45) is 0 Å². The van der Waals surface area contributed by atoms with E-state index in [1.807, 2.05) is 12.1 Å². The Morgan fingerprint density at radius 1 is 1.23 bits per heavy atom. The molecule has 0 radical (unpaired) electrons. The van der Waals surface area contributed by atoms with Gasteiger partial charge < -0.3 is 4.74 Å². The van der Waals surface area contributed by atoms with E-state index in [0.717, 1.165) is 5.56 Å². The monoisotopic (exact) mass is 299 g/mol. The van der Waals surface area contributed by atoms with Crippen molar-refractivity contribution in [1.82, 2.24) is 0 Å². The van der Waals surface area contributed by atoms with E-state index in [4.69, 9.17) is 4.74 Å². The summed E-state index contributed by atoms with van der Waals surface area (Å²) < 4.78 is 4.94. The van der Waals surface area contributed by atoms with E-state index in [2.05, 4.69) is 18.2 Å². The molecule has 0 spiro atoms. The topological polar surface area (TPSA) is 50.1 Å². The third kappa shape index (κ3) is 4.59. The SMILES string of the molecule is CCOC(=O)CC(C#N)c1ccc(C2CCCCCC2)cc1. The molecule has 1 atom stereocenters. The lowest BCUT2D eigenvalue weighted by molar-refractivity contribution is -0.143. The molecule has 1 aliphatic carbocycles. The van der Waals surface area contributed by atoms with Crippen LogP contribution in [0.3, 0.4) is 0 Å². The van der Waals surface area contributed by atoms with Gasteiger partial charge >= 0.3 is 5.97 Å². The lowest BCUT2D eigenvalue weighted by atomic mass is 9.89. The van der Waals surface area contributed by atoms with E-state index in [1.165, 1.54) is 44.1 Å². The Morgan fingerprint density at radius 2 is 1.86 bits per heavy atom. The molecule has 2 rings (SSSR count). The predicted molar refractivity (Wildman–Crippen MR) is 86.5 cm³/mol. The van der Waals surface area contributed by atoms with E-state index in [0.29, 0.717) is 12.5 Å². The molecule has 3 nitrogen and oxygen atoms in total. The smallest absolute Gasteiger partial charge is 0.307 e. The first kappa shape index (κ1) is 16.5. The zero-order valence-corrected chi connectivity index (χ0v) is 13.4. The third-order valence-electron chi connectivity index (χ3n) is 4.50. The maximum Gasteiger partial charge on any atom is 0.307 e. The molecule has 1 fully saturated rings. The van der Waals surface area contributed by atoms with Crippen molar-refractivity contribution in [2.75, 3.05) is 6.61 Å². The maximum atomic E-state index is 11.6. The molecule has 1 aromatic rings. The van der Waals surface area contributed by atoms with E-state index in [-0.39, 0.29) is 12.4 Å². The van der Waals surface area contributed by atoms with Crippen LogP contribution < -0.4 is 0 Å². The summed E-state index contributed by atoms with van der Waals surface area (Å²) in [6, 6.07) is 10.5. The van der Waals surface area contributed by atoms with Crippen LogP contribution in [0.5, 0.6) is 0 Å². The number of ether oxygens (including phenoxy) is 1. The molecule has 118 valence electrons. The summed E-state index contributed by atoms with van der Waals surface area (Å²) in [5.74, 6) is -0.0636. The van der Waals surface area contributed by atoms with Gasteiger partial charge in [-0.05, 0) is 36.8 Å². The van der Waals surface area contributed by atoms with Crippen LogP contribution in [0.1, 0.15) is 74.8 Å². The second kappa shape index (κ2) is 8.58. The van der Waals surface area contributed by atoms with Crippen molar-refractivity contribution >= 4 is 5.97 Å². The molecule has 0 amide bonds. The van der Waals surface area contributed by atoms with Crippen LogP contribution in [-0.2, 0) is 9.53 Å². The van der Waals surface area contributed by atoms with Crippen molar-refractivity contribution in [3.8, 4) is 6.07 Å². The van der Waals surface area contributed by atoms with E-state index in [1.54, 1.807) is 6.92 Å². The first-order valence-electron chi connectivity index (χ1n) is 8.39. The zero-order valence-electron chi connectivity index (χ0n) is 13.4. The van der Waals surface area contributed by atoms with Crippen LogP contribution in [0.15, 0.2) is 24.3 Å². The van der Waals surface area contributed by atoms with Gasteiger partial charge in [-0.2, -0.15) is 5.26 Å². The first-order chi connectivity index (χ1) is 10.7. The quantitative estimate of drug-likeness (QED) is 0.585.